The lowest BCUT2D eigenvalue weighted by molar-refractivity contribution is -0.124. The van der Waals surface area contributed by atoms with Crippen molar-refractivity contribution in [1.82, 2.24) is 5.32 Å². The molecule has 0 aliphatic heterocycles. The van der Waals surface area contributed by atoms with E-state index in [9.17, 15) is 20.1 Å². The Hall–Kier alpha value is -1.43. The smallest absolute Gasteiger partial charge is 0.222 e. The van der Waals surface area contributed by atoms with Crippen molar-refractivity contribution >= 4 is 5.91 Å². The van der Waals surface area contributed by atoms with Gasteiger partial charge in [-0.3, -0.25) is 4.79 Å². The summed E-state index contributed by atoms with van der Waals surface area (Å²) in [4.78, 5) is 12.3. The normalized spacial score (nSPS) is 14.4. The Labute approximate surface area is 254 Å². The molecule has 5 nitrogen and oxygen atoms in total. The van der Waals surface area contributed by atoms with Gasteiger partial charge in [0.15, 0.2) is 0 Å². The van der Waals surface area contributed by atoms with Gasteiger partial charge in [0.2, 0.25) is 5.91 Å². The molecule has 0 aliphatic rings. The van der Waals surface area contributed by atoms with Crippen LogP contribution in [0.2, 0.25) is 0 Å². The Bertz CT molecular complexity index is 645. The maximum atomic E-state index is 12.3. The number of unbranched alkanes of at least 4 members (excludes halogenated alkanes) is 18. The van der Waals surface area contributed by atoms with Crippen LogP contribution in [0.3, 0.4) is 0 Å². The molecule has 0 saturated carbocycles. The van der Waals surface area contributed by atoms with Crippen molar-refractivity contribution in [3.05, 3.63) is 36.5 Å². The number of carbonyl (C=O) groups excluding carboxylic acids is 1. The van der Waals surface area contributed by atoms with Gasteiger partial charge in [0.1, 0.15) is 0 Å². The SMILES string of the molecule is CCCCC/C=C\C=C/CCCCCCCCCCC(O)CC(=O)NC(CO)C(O)/C=C/CCCCCCCCC. The lowest BCUT2D eigenvalue weighted by Gasteiger charge is -2.21. The number of hydrogen-bond acceptors (Lipinski definition) is 4. The summed E-state index contributed by atoms with van der Waals surface area (Å²) in [6, 6.07) is -0.742. The maximum absolute atomic E-state index is 12.3. The van der Waals surface area contributed by atoms with Crippen LogP contribution in [-0.2, 0) is 4.79 Å². The molecule has 3 atom stereocenters. The van der Waals surface area contributed by atoms with Gasteiger partial charge in [-0.05, 0) is 44.9 Å². The molecule has 0 spiro atoms. The summed E-state index contributed by atoms with van der Waals surface area (Å²) in [7, 11) is 0. The average molecular weight is 578 g/mol. The molecule has 1 amide bonds. The largest absolute Gasteiger partial charge is 0.394 e. The summed E-state index contributed by atoms with van der Waals surface area (Å²) in [5.74, 6) is -0.325. The first kappa shape index (κ1) is 39.6. The minimum atomic E-state index is -0.927. The van der Waals surface area contributed by atoms with Gasteiger partial charge >= 0.3 is 0 Å². The van der Waals surface area contributed by atoms with E-state index in [1.165, 1.54) is 109 Å². The van der Waals surface area contributed by atoms with E-state index >= 15 is 0 Å². The number of aliphatic hydroxyl groups is 3. The second-order valence-electron chi connectivity index (χ2n) is 11.8. The van der Waals surface area contributed by atoms with Crippen LogP contribution in [0.25, 0.3) is 0 Å². The third-order valence-electron chi connectivity index (χ3n) is 7.70. The molecular formula is C36H67NO4. The predicted molar refractivity (Wildman–Crippen MR) is 176 cm³/mol. The van der Waals surface area contributed by atoms with Gasteiger partial charge in [0.05, 0.1) is 31.3 Å². The number of rotatable bonds is 30. The third kappa shape index (κ3) is 28.5. The second kappa shape index (κ2) is 31.5. The number of nitrogens with one attached hydrogen (secondary N) is 1. The van der Waals surface area contributed by atoms with Gasteiger partial charge in [-0.1, -0.05) is 147 Å². The van der Waals surface area contributed by atoms with Crippen molar-refractivity contribution in [3.8, 4) is 0 Å². The van der Waals surface area contributed by atoms with Crippen LogP contribution in [-0.4, -0.2) is 46.1 Å². The molecule has 0 aliphatic carbocycles. The summed E-state index contributed by atoms with van der Waals surface area (Å²) in [5, 5.41) is 32.9. The van der Waals surface area contributed by atoms with E-state index in [0.717, 1.165) is 25.7 Å². The van der Waals surface area contributed by atoms with Gasteiger partial charge in [0.25, 0.3) is 0 Å². The third-order valence-corrected chi connectivity index (χ3v) is 7.70. The van der Waals surface area contributed by atoms with Crippen molar-refractivity contribution in [2.45, 2.75) is 180 Å². The fourth-order valence-corrected chi connectivity index (χ4v) is 4.97. The number of hydrogen-bond donors (Lipinski definition) is 4. The standard InChI is InChI=1S/C36H67NO4/c1-3-5-7-9-11-13-14-15-16-17-18-19-20-22-23-25-27-29-33(39)31-36(41)37-34(32-38)35(40)30-28-26-24-21-12-10-8-6-4-2/h11,13-15,28,30,33-35,38-40H,3-10,12,16-27,29,31-32H2,1-2H3,(H,37,41)/b13-11-,15-14-,30-28+. The molecule has 0 heterocycles. The zero-order valence-electron chi connectivity index (χ0n) is 26.9. The monoisotopic (exact) mass is 578 g/mol. The maximum Gasteiger partial charge on any atom is 0.222 e. The zero-order chi connectivity index (χ0) is 30.2. The molecule has 0 saturated heterocycles. The first-order valence-corrected chi connectivity index (χ1v) is 17.3. The first-order valence-electron chi connectivity index (χ1n) is 17.3. The molecule has 240 valence electrons. The van der Waals surface area contributed by atoms with Crippen molar-refractivity contribution in [1.29, 1.82) is 0 Å². The van der Waals surface area contributed by atoms with E-state index in [-0.39, 0.29) is 18.9 Å². The fourth-order valence-electron chi connectivity index (χ4n) is 4.97. The van der Waals surface area contributed by atoms with Gasteiger partial charge in [-0.25, -0.2) is 0 Å². The van der Waals surface area contributed by atoms with E-state index in [0.29, 0.717) is 6.42 Å². The minimum absolute atomic E-state index is 0.00800. The minimum Gasteiger partial charge on any atom is -0.394 e. The van der Waals surface area contributed by atoms with Gasteiger partial charge in [-0.2, -0.15) is 0 Å². The second-order valence-corrected chi connectivity index (χ2v) is 11.8. The summed E-state index contributed by atoms with van der Waals surface area (Å²) in [5.41, 5.74) is 0. The van der Waals surface area contributed by atoms with E-state index in [1.807, 2.05) is 6.08 Å². The number of allylic oxidation sites excluding steroid dienone is 5. The zero-order valence-corrected chi connectivity index (χ0v) is 26.9. The van der Waals surface area contributed by atoms with Crippen LogP contribution in [0, 0.1) is 0 Å². The molecule has 5 heteroatoms. The molecule has 0 aromatic carbocycles. The Morgan fingerprint density at radius 1 is 0.634 bits per heavy atom. The van der Waals surface area contributed by atoms with Crippen LogP contribution < -0.4 is 5.32 Å². The molecule has 0 rings (SSSR count). The number of amides is 1. The van der Waals surface area contributed by atoms with Crippen molar-refractivity contribution in [2.75, 3.05) is 6.61 Å². The molecule has 0 fully saturated rings. The van der Waals surface area contributed by atoms with E-state index in [2.05, 4.69) is 43.5 Å². The highest BCUT2D eigenvalue weighted by molar-refractivity contribution is 5.76. The van der Waals surface area contributed by atoms with Gasteiger partial charge in [0, 0.05) is 0 Å². The first-order chi connectivity index (χ1) is 20.0. The molecule has 0 radical (unpaired) electrons. The van der Waals surface area contributed by atoms with E-state index < -0.39 is 18.2 Å². The van der Waals surface area contributed by atoms with Crippen LogP contribution in [0.15, 0.2) is 36.5 Å². The molecule has 3 unspecified atom stereocenters. The highest BCUT2D eigenvalue weighted by Gasteiger charge is 2.20. The summed E-state index contributed by atoms with van der Waals surface area (Å²) in [6.07, 6.45) is 36.9. The molecule has 0 aromatic rings. The highest BCUT2D eigenvalue weighted by atomic mass is 16.3. The molecular weight excluding hydrogens is 510 g/mol. The van der Waals surface area contributed by atoms with Crippen molar-refractivity contribution in [2.24, 2.45) is 0 Å². The van der Waals surface area contributed by atoms with E-state index in [4.69, 9.17) is 0 Å². The summed E-state index contributed by atoms with van der Waals surface area (Å²) >= 11 is 0. The molecule has 0 aromatic heterocycles. The molecule has 41 heavy (non-hydrogen) atoms. The Morgan fingerprint density at radius 2 is 1.07 bits per heavy atom. The van der Waals surface area contributed by atoms with Gasteiger partial charge in [-0.15, -0.1) is 0 Å². The predicted octanol–water partition coefficient (Wildman–Crippen LogP) is 8.87. The van der Waals surface area contributed by atoms with Crippen LogP contribution in [0.4, 0.5) is 0 Å². The van der Waals surface area contributed by atoms with Crippen molar-refractivity contribution in [3.63, 3.8) is 0 Å². The average Bonchev–Trinajstić information content (AvgIpc) is 2.96. The van der Waals surface area contributed by atoms with Crippen LogP contribution >= 0.6 is 0 Å². The highest BCUT2D eigenvalue weighted by Crippen LogP contribution is 2.13. The summed E-state index contributed by atoms with van der Waals surface area (Å²) < 4.78 is 0. The quantitative estimate of drug-likeness (QED) is 0.0390. The Kier molecular flexibility index (Phi) is 30.4. The topological polar surface area (TPSA) is 89.8 Å². The molecule has 4 N–H and O–H groups in total. The van der Waals surface area contributed by atoms with Crippen LogP contribution in [0.1, 0.15) is 162 Å². The lowest BCUT2D eigenvalue weighted by atomic mass is 10.0. The van der Waals surface area contributed by atoms with Crippen molar-refractivity contribution < 1.29 is 20.1 Å². The Morgan fingerprint density at radius 3 is 1.61 bits per heavy atom. The molecule has 0 bridgehead atoms. The lowest BCUT2D eigenvalue weighted by Crippen LogP contribution is -2.45. The number of aliphatic hydroxyl groups excluding tert-OH is 3. The number of carbonyl (C=O) groups is 1. The fraction of sp³-hybridized carbons (Fsp3) is 0.806. The van der Waals surface area contributed by atoms with Crippen LogP contribution in [0.5, 0.6) is 0 Å². The summed E-state index contributed by atoms with van der Waals surface area (Å²) in [6.45, 7) is 4.13. The van der Waals surface area contributed by atoms with E-state index in [1.54, 1.807) is 6.08 Å². The Balaban J connectivity index is 3.74. The van der Waals surface area contributed by atoms with Gasteiger partial charge < -0.3 is 20.6 Å².